The molecular formula is C60H97Cl3N8O21. The molecule has 0 saturated carbocycles. The summed E-state index contributed by atoms with van der Waals surface area (Å²) in [5.41, 5.74) is 2.69. The third kappa shape index (κ3) is 49.2. The van der Waals surface area contributed by atoms with Crippen molar-refractivity contribution >= 4 is 107 Å². The van der Waals surface area contributed by atoms with Crippen LogP contribution < -0.4 is 42.4 Å². The van der Waals surface area contributed by atoms with E-state index in [0.717, 1.165) is 64.2 Å². The van der Waals surface area contributed by atoms with Crippen LogP contribution >= 0.6 is 34.8 Å². The molecule has 32 heteroatoms. The highest BCUT2D eigenvalue weighted by molar-refractivity contribution is 6.67. The van der Waals surface area contributed by atoms with Crippen LogP contribution in [0.3, 0.4) is 0 Å². The Kier molecular flexibility index (Phi) is 48.9. The smallest absolute Gasteiger partial charge is 0.407 e. The zero-order valence-electron chi connectivity index (χ0n) is 52.7. The van der Waals surface area contributed by atoms with E-state index in [0.29, 0.717) is 108 Å². The van der Waals surface area contributed by atoms with Crippen molar-refractivity contribution < 1.29 is 101 Å². The molecule has 9 N–H and O–H groups in total. The van der Waals surface area contributed by atoms with Gasteiger partial charge in [-0.3, -0.25) is 28.8 Å². The zero-order valence-corrected chi connectivity index (χ0v) is 55.0. The minimum atomic E-state index is -1.73. The molecule has 0 unspecified atom stereocenters. The van der Waals surface area contributed by atoms with Crippen molar-refractivity contribution in [1.82, 2.24) is 42.3 Å². The molecule has 0 radical (unpaired) electrons. The van der Waals surface area contributed by atoms with Crippen LogP contribution in [-0.4, -0.2) is 169 Å². The fourth-order valence-corrected chi connectivity index (χ4v) is 8.56. The molecule has 29 nitrogen and oxygen atoms in total. The fourth-order valence-electron chi connectivity index (χ4n) is 8.40. The van der Waals surface area contributed by atoms with E-state index in [1.165, 1.54) is 12.1 Å². The van der Waals surface area contributed by atoms with Gasteiger partial charge in [0.2, 0.25) is 39.2 Å². The topological polar surface area (TPSA) is 399 Å². The van der Waals surface area contributed by atoms with Gasteiger partial charge in [0.25, 0.3) is 11.8 Å². The van der Waals surface area contributed by atoms with Gasteiger partial charge in [-0.2, -0.15) is 11.0 Å². The molecule has 1 aromatic rings. The highest BCUT2D eigenvalue weighted by Gasteiger charge is 2.34. The van der Waals surface area contributed by atoms with Crippen LogP contribution in [0.1, 0.15) is 199 Å². The molecule has 0 aliphatic carbocycles. The molecule has 0 saturated heterocycles. The van der Waals surface area contributed by atoms with Crippen LogP contribution in [0.2, 0.25) is 0 Å². The quantitative estimate of drug-likeness (QED) is 0.0121. The Morgan fingerprint density at radius 2 is 0.761 bits per heavy atom. The number of carbonyl (C=O) groups is 12. The van der Waals surface area contributed by atoms with Crippen LogP contribution in [0.4, 0.5) is 4.79 Å². The summed E-state index contributed by atoms with van der Waals surface area (Å²) in [4.78, 5) is 158. The second-order valence-corrected chi connectivity index (χ2v) is 24.2. The van der Waals surface area contributed by atoms with Crippen molar-refractivity contribution in [2.45, 2.75) is 208 Å². The summed E-state index contributed by atoms with van der Waals surface area (Å²) in [6.45, 7) is 0.443. The summed E-state index contributed by atoms with van der Waals surface area (Å²) in [6, 6.07) is 2.38. The average molecular weight is 1370 g/mol. The number of unbranched alkanes of at least 4 members (excludes halogenated alkanes) is 16. The molecule has 0 fully saturated rings. The summed E-state index contributed by atoms with van der Waals surface area (Å²) in [5.74, 6) is -4.89. The first-order chi connectivity index (χ1) is 44.2. The van der Waals surface area contributed by atoms with E-state index in [2.05, 4.69) is 26.6 Å². The maximum atomic E-state index is 13.8. The lowest BCUT2D eigenvalue weighted by Gasteiger charge is -2.34. The first-order valence-electron chi connectivity index (χ1n) is 31.6. The normalized spacial score (nSPS) is 11.2. The number of rotatable bonds is 56. The number of alkyl carbamates (subject to hydrolysis) is 1. The lowest BCUT2D eigenvalue weighted by atomic mass is 10.0. The lowest BCUT2D eigenvalue weighted by Crippen LogP contribution is -2.58. The van der Waals surface area contributed by atoms with Crippen molar-refractivity contribution in [2.24, 2.45) is 0 Å². The number of aldehydes is 2. The maximum absolute atomic E-state index is 13.8. The number of aromatic nitrogens is 1. The Morgan fingerprint density at radius 1 is 0.413 bits per heavy atom. The van der Waals surface area contributed by atoms with E-state index in [-0.39, 0.29) is 134 Å². The van der Waals surface area contributed by atoms with E-state index in [4.69, 9.17) is 68.3 Å². The molecule has 0 aliphatic heterocycles. The average Bonchev–Trinajstić information content (AvgIpc) is 1.65. The number of halogens is 3. The third-order valence-corrected chi connectivity index (χ3v) is 13.7. The van der Waals surface area contributed by atoms with Crippen molar-refractivity contribution in [3.05, 3.63) is 12.1 Å². The van der Waals surface area contributed by atoms with Crippen LogP contribution in [0, 0.1) is 0 Å². The monoisotopic (exact) mass is 1370 g/mol. The van der Waals surface area contributed by atoms with Gasteiger partial charge in [0.15, 0.2) is 0 Å². The van der Waals surface area contributed by atoms with Gasteiger partial charge < -0.3 is 79.8 Å². The van der Waals surface area contributed by atoms with Gasteiger partial charge in [0.1, 0.15) is 24.7 Å². The third-order valence-electron chi connectivity index (χ3n) is 13.3. The van der Waals surface area contributed by atoms with Crippen LogP contribution in [0.5, 0.6) is 11.8 Å². The summed E-state index contributed by atoms with van der Waals surface area (Å²) < 4.78 is 22.0. The van der Waals surface area contributed by atoms with Gasteiger partial charge in [0.05, 0.1) is 39.6 Å². The maximum Gasteiger partial charge on any atom is 0.407 e. The second-order valence-electron chi connectivity index (χ2n) is 21.7. The highest BCUT2D eigenvalue weighted by atomic mass is 35.6. The molecule has 0 aromatic carbocycles. The Labute approximate surface area is 552 Å². The molecule has 1 aromatic heterocycles. The van der Waals surface area contributed by atoms with Crippen molar-refractivity contribution in [2.75, 3.05) is 72.4 Å². The van der Waals surface area contributed by atoms with E-state index >= 15 is 0 Å². The zero-order chi connectivity index (χ0) is 67.9. The summed E-state index contributed by atoms with van der Waals surface area (Å²) in [5, 5.41) is 33.5. The first-order valence-corrected chi connectivity index (χ1v) is 32.8. The van der Waals surface area contributed by atoms with Crippen LogP contribution in [0.15, 0.2) is 12.1 Å². The molecule has 0 spiro atoms. The van der Waals surface area contributed by atoms with Gasteiger partial charge in [-0.15, -0.1) is 4.73 Å². The molecular weight excluding hydrogens is 1280 g/mol. The molecule has 92 heavy (non-hydrogen) atoms. The minimum absolute atomic E-state index is 0.0200. The highest BCUT2D eigenvalue weighted by Crippen LogP contribution is 2.26. The Bertz CT molecular complexity index is 2230. The Balaban J connectivity index is 2.87. The SMILES string of the molecule is O=CCCC(=O)NOC(=O)CCCCCCCNC(=O)CCOCC(COCCC(=O)NCCCCCCCC(=O)ONC(=O)CCC=O)(COCCC(=O)NCCCCCCCC(=O)On1c(O)ccc1O)NC(=O)CCCCCCCNC(=O)OCC(Cl)(Cl)Cl. The summed E-state index contributed by atoms with van der Waals surface area (Å²) >= 11 is 16.9. The van der Waals surface area contributed by atoms with Crippen LogP contribution in [0.25, 0.3) is 0 Å². The minimum Gasteiger partial charge on any atom is -0.492 e. The van der Waals surface area contributed by atoms with Gasteiger partial charge in [-0.25, -0.2) is 19.2 Å². The van der Waals surface area contributed by atoms with Crippen molar-refractivity contribution in [1.29, 1.82) is 0 Å². The van der Waals surface area contributed by atoms with E-state index in [1.807, 2.05) is 11.0 Å². The van der Waals surface area contributed by atoms with Crippen LogP contribution in [-0.2, 0) is 81.4 Å². The number of nitrogens with zero attached hydrogens (tertiary/aromatic N) is 1. The summed E-state index contributed by atoms with van der Waals surface area (Å²) in [6.07, 6.45) is 14.5. The fraction of sp³-hybridized carbons (Fsp3) is 0.733. The number of hydrogen-bond acceptors (Lipinski definition) is 21. The molecule has 1 heterocycles. The Morgan fingerprint density at radius 3 is 1.14 bits per heavy atom. The standard InChI is InChI=1S/C60H97Cl3N8O21/c61-60(62,63)46-89-58(85)67-37-20-12-1-5-13-23-50(77)68-59(43-86-40-31-47(74)64-34-17-9-2-6-14-26-55(82)90-69-51(78)24-21-38-72,44-87-41-32-48(75)65-35-18-10-3-7-15-27-56(83)91-70-52(79)25-22-39-73)45-88-42-33-49(76)66-36-19-11-4-8-16-28-57(84)92-71-53(80)29-30-54(71)81/h29-30,38-39,80-81H,1-28,31-37,40-46H2,(H,64,74)(H,65,75)(H,66,76)(H,67,85)(H,68,77)(H,69,78)(H,70,79). The number of amides is 7. The molecule has 524 valence electrons. The number of alkyl halides is 3. The largest absolute Gasteiger partial charge is 0.492 e. The second kappa shape index (κ2) is 53.9. The van der Waals surface area contributed by atoms with E-state index < -0.39 is 63.5 Å². The van der Waals surface area contributed by atoms with Crippen molar-refractivity contribution in [3.63, 3.8) is 0 Å². The van der Waals surface area contributed by atoms with Gasteiger partial charge >= 0.3 is 24.0 Å². The molecule has 0 bridgehead atoms. The molecule has 7 amide bonds. The number of nitrogens with one attached hydrogen (secondary N) is 7. The number of hydroxylamine groups is 2. The molecule has 0 aliphatic rings. The molecule has 0 atom stereocenters. The lowest BCUT2D eigenvalue weighted by molar-refractivity contribution is -0.158. The van der Waals surface area contributed by atoms with Crippen molar-refractivity contribution in [3.8, 4) is 11.8 Å². The Hall–Kier alpha value is -6.53. The summed E-state index contributed by atoms with van der Waals surface area (Å²) in [7, 11) is 0. The van der Waals surface area contributed by atoms with Gasteiger partial charge in [-0.1, -0.05) is 112 Å². The molecule has 1 rings (SSSR count). The first kappa shape index (κ1) is 83.5. The van der Waals surface area contributed by atoms with E-state index in [9.17, 15) is 67.7 Å². The van der Waals surface area contributed by atoms with Gasteiger partial charge in [-0.05, 0) is 51.4 Å². The predicted molar refractivity (Wildman–Crippen MR) is 335 cm³/mol. The number of carbonyl (C=O) groups excluding carboxylic acids is 12. The number of ether oxygens (including phenoxy) is 4. The predicted octanol–water partition coefficient (Wildman–Crippen LogP) is 5.84. The number of hydrogen-bond donors (Lipinski definition) is 9. The number of aromatic hydroxyl groups is 2. The van der Waals surface area contributed by atoms with Gasteiger partial charge in [0, 0.05) is 109 Å². The van der Waals surface area contributed by atoms with E-state index in [1.54, 1.807) is 0 Å².